The van der Waals surface area contributed by atoms with Crippen molar-refractivity contribution < 1.29 is 4.79 Å². The predicted octanol–water partition coefficient (Wildman–Crippen LogP) is 2.50. The van der Waals surface area contributed by atoms with Crippen molar-refractivity contribution in [3.05, 3.63) is 34.9 Å². The van der Waals surface area contributed by atoms with Crippen LogP contribution in [0.3, 0.4) is 0 Å². The molecule has 0 aromatic heterocycles. The highest BCUT2D eigenvalue weighted by Crippen LogP contribution is 2.09. The van der Waals surface area contributed by atoms with Crippen molar-refractivity contribution in [2.75, 3.05) is 0 Å². The van der Waals surface area contributed by atoms with Gasteiger partial charge >= 0.3 is 6.03 Å². The van der Waals surface area contributed by atoms with Crippen LogP contribution in [0.4, 0.5) is 4.79 Å². The lowest BCUT2D eigenvalue weighted by Gasteiger charge is -2.25. The number of benzene rings is 1. The summed E-state index contributed by atoms with van der Waals surface area (Å²) in [5, 5.41) is 4.00. The van der Waals surface area contributed by atoms with E-state index in [-0.39, 0.29) is 6.04 Å². The molecule has 1 rings (SSSR count). The van der Waals surface area contributed by atoms with Crippen LogP contribution < -0.4 is 11.1 Å². The second-order valence-corrected chi connectivity index (χ2v) is 4.91. The van der Waals surface area contributed by atoms with Crippen LogP contribution in [0.5, 0.6) is 0 Å². The number of nitrogens with one attached hydrogen (secondary N) is 1. The van der Waals surface area contributed by atoms with Crippen LogP contribution in [0, 0.1) is 0 Å². The average Bonchev–Trinajstić information content (AvgIpc) is 2.27. The Bertz CT molecular complexity index is 433. The fourth-order valence-electron chi connectivity index (χ4n) is 1.45. The van der Waals surface area contributed by atoms with Crippen LogP contribution in [0.2, 0.25) is 5.02 Å². The Morgan fingerprint density at radius 3 is 2.44 bits per heavy atom. The van der Waals surface area contributed by atoms with E-state index in [0.29, 0.717) is 16.7 Å². The first kappa shape index (κ1) is 14.7. The van der Waals surface area contributed by atoms with Crippen molar-refractivity contribution >= 4 is 35.0 Å². The van der Waals surface area contributed by atoms with Crippen molar-refractivity contribution in [3.63, 3.8) is 0 Å². The van der Waals surface area contributed by atoms with Gasteiger partial charge < -0.3 is 11.1 Å². The molecule has 2 amide bonds. The quantitative estimate of drug-likeness (QED) is 0.839. The van der Waals surface area contributed by atoms with E-state index < -0.39 is 6.03 Å². The van der Waals surface area contributed by atoms with Gasteiger partial charge in [-0.3, -0.25) is 4.90 Å². The molecule has 0 radical (unpaired) electrons. The predicted molar refractivity (Wildman–Crippen MR) is 77.4 cm³/mol. The summed E-state index contributed by atoms with van der Waals surface area (Å²) in [5.74, 6) is 0. The second-order valence-electron chi connectivity index (χ2n) is 4.09. The lowest BCUT2D eigenvalue weighted by Crippen LogP contribution is -2.49. The molecule has 0 unspecified atom stereocenters. The lowest BCUT2D eigenvalue weighted by atomic mass is 10.2. The zero-order chi connectivity index (χ0) is 13.7. The molecule has 0 saturated heterocycles. The summed E-state index contributed by atoms with van der Waals surface area (Å²) >= 11 is 10.9. The van der Waals surface area contributed by atoms with Gasteiger partial charge in [0, 0.05) is 17.6 Å². The first-order valence-electron chi connectivity index (χ1n) is 5.52. The minimum Gasteiger partial charge on any atom is -0.358 e. The van der Waals surface area contributed by atoms with E-state index in [1.807, 2.05) is 26.0 Å². The van der Waals surface area contributed by atoms with Gasteiger partial charge in [0.05, 0.1) is 0 Å². The molecule has 6 heteroatoms. The minimum atomic E-state index is -0.557. The van der Waals surface area contributed by atoms with E-state index in [9.17, 15) is 4.79 Å². The standard InChI is InChI=1S/C12H16ClN3OS/c1-8(2)16(11(14)17)12(18)15-7-9-3-5-10(13)6-4-9/h3-6,8H,7H2,1-2H3,(H2,14,17)(H,15,18). The molecular formula is C12H16ClN3OS. The molecule has 1 aromatic rings. The molecule has 0 aliphatic rings. The number of thiocarbonyl (C=S) groups is 1. The number of halogens is 1. The summed E-state index contributed by atoms with van der Waals surface area (Å²) in [4.78, 5) is 12.6. The summed E-state index contributed by atoms with van der Waals surface area (Å²) in [6.07, 6.45) is 0. The average molecular weight is 286 g/mol. The molecule has 98 valence electrons. The number of urea groups is 1. The van der Waals surface area contributed by atoms with Crippen molar-refractivity contribution in [1.82, 2.24) is 10.2 Å². The minimum absolute atomic E-state index is 0.0762. The third-order valence-corrected chi connectivity index (χ3v) is 2.92. The molecule has 18 heavy (non-hydrogen) atoms. The number of amides is 2. The van der Waals surface area contributed by atoms with Crippen LogP contribution >= 0.6 is 23.8 Å². The maximum absolute atomic E-state index is 11.2. The largest absolute Gasteiger partial charge is 0.358 e. The van der Waals surface area contributed by atoms with Gasteiger partial charge in [0.1, 0.15) is 0 Å². The molecule has 4 nitrogen and oxygen atoms in total. The summed E-state index contributed by atoms with van der Waals surface area (Å²) < 4.78 is 0. The second kappa shape index (κ2) is 6.56. The first-order chi connectivity index (χ1) is 8.41. The van der Waals surface area contributed by atoms with E-state index >= 15 is 0 Å². The summed E-state index contributed by atoms with van der Waals surface area (Å²) in [7, 11) is 0. The van der Waals surface area contributed by atoms with E-state index in [1.54, 1.807) is 12.1 Å². The zero-order valence-corrected chi connectivity index (χ0v) is 11.9. The molecule has 0 bridgehead atoms. The smallest absolute Gasteiger partial charge is 0.321 e. The maximum Gasteiger partial charge on any atom is 0.321 e. The monoisotopic (exact) mass is 285 g/mol. The van der Waals surface area contributed by atoms with E-state index in [1.165, 1.54) is 4.90 Å². The zero-order valence-electron chi connectivity index (χ0n) is 10.3. The molecule has 1 aromatic carbocycles. The summed E-state index contributed by atoms with van der Waals surface area (Å²) in [6, 6.07) is 6.75. The van der Waals surface area contributed by atoms with Crippen molar-refractivity contribution in [3.8, 4) is 0 Å². The van der Waals surface area contributed by atoms with Crippen LogP contribution in [-0.2, 0) is 6.54 Å². The van der Waals surface area contributed by atoms with E-state index in [4.69, 9.17) is 29.6 Å². The van der Waals surface area contributed by atoms with Gasteiger partial charge in [-0.05, 0) is 43.8 Å². The molecule has 0 saturated carbocycles. The topological polar surface area (TPSA) is 58.4 Å². The molecule has 0 aliphatic heterocycles. The molecule has 0 fully saturated rings. The fourth-order valence-corrected chi connectivity index (χ4v) is 1.95. The Balaban J connectivity index is 2.59. The van der Waals surface area contributed by atoms with E-state index in [0.717, 1.165) is 5.56 Å². The molecule has 0 atom stereocenters. The van der Waals surface area contributed by atoms with Gasteiger partial charge in [-0.1, -0.05) is 23.7 Å². The fraction of sp³-hybridized carbons (Fsp3) is 0.333. The Morgan fingerprint density at radius 1 is 1.44 bits per heavy atom. The van der Waals surface area contributed by atoms with Gasteiger partial charge in [-0.25, -0.2) is 4.79 Å². The third kappa shape index (κ3) is 4.16. The number of nitrogens with two attached hydrogens (primary N) is 1. The molecule has 3 N–H and O–H groups in total. The van der Waals surface area contributed by atoms with Crippen molar-refractivity contribution in [1.29, 1.82) is 0 Å². The molecule has 0 aliphatic carbocycles. The number of rotatable bonds is 3. The van der Waals surface area contributed by atoms with Gasteiger partial charge in [0.15, 0.2) is 5.11 Å². The Morgan fingerprint density at radius 2 is 2.00 bits per heavy atom. The Hall–Kier alpha value is -1.33. The van der Waals surface area contributed by atoms with Crippen LogP contribution in [0.1, 0.15) is 19.4 Å². The highest BCUT2D eigenvalue weighted by atomic mass is 35.5. The number of carbonyl (C=O) groups excluding carboxylic acids is 1. The molecular weight excluding hydrogens is 270 g/mol. The van der Waals surface area contributed by atoms with E-state index in [2.05, 4.69) is 5.32 Å². The maximum atomic E-state index is 11.2. The van der Waals surface area contributed by atoms with Crippen LogP contribution in [0.25, 0.3) is 0 Å². The van der Waals surface area contributed by atoms with Crippen LogP contribution in [-0.4, -0.2) is 22.1 Å². The third-order valence-electron chi connectivity index (χ3n) is 2.33. The summed E-state index contributed by atoms with van der Waals surface area (Å²) in [6.45, 7) is 4.22. The number of hydrogen-bond acceptors (Lipinski definition) is 2. The SMILES string of the molecule is CC(C)N(C(N)=O)C(=S)NCc1ccc(Cl)cc1. The normalized spacial score (nSPS) is 10.2. The van der Waals surface area contributed by atoms with Crippen LogP contribution in [0.15, 0.2) is 24.3 Å². The highest BCUT2D eigenvalue weighted by Gasteiger charge is 2.18. The summed E-state index contributed by atoms with van der Waals surface area (Å²) in [5.41, 5.74) is 6.29. The van der Waals surface area contributed by atoms with Gasteiger partial charge in [0.25, 0.3) is 0 Å². The number of primary amides is 1. The lowest BCUT2D eigenvalue weighted by molar-refractivity contribution is 0.222. The molecule has 0 spiro atoms. The van der Waals surface area contributed by atoms with Gasteiger partial charge in [-0.2, -0.15) is 0 Å². The number of carbonyl (C=O) groups is 1. The molecule has 0 heterocycles. The Kier molecular flexibility index (Phi) is 5.37. The van der Waals surface area contributed by atoms with Crippen molar-refractivity contribution in [2.24, 2.45) is 5.73 Å². The van der Waals surface area contributed by atoms with Gasteiger partial charge in [-0.15, -0.1) is 0 Å². The van der Waals surface area contributed by atoms with Gasteiger partial charge in [0.2, 0.25) is 0 Å². The number of nitrogens with zero attached hydrogens (tertiary/aromatic N) is 1. The Labute approximate surface area is 117 Å². The highest BCUT2D eigenvalue weighted by molar-refractivity contribution is 7.80. The number of hydrogen-bond donors (Lipinski definition) is 2. The van der Waals surface area contributed by atoms with Crippen molar-refractivity contribution in [2.45, 2.75) is 26.4 Å². The first-order valence-corrected chi connectivity index (χ1v) is 6.31.